The van der Waals surface area contributed by atoms with Crippen molar-refractivity contribution in [1.29, 1.82) is 0 Å². The van der Waals surface area contributed by atoms with Crippen molar-refractivity contribution in [2.45, 2.75) is 31.8 Å². The molecular weight excluding hydrogens is 194 g/mol. The zero-order valence-electron chi connectivity index (χ0n) is 8.98. The number of carbonyl (C=O) groups is 2. The summed E-state index contributed by atoms with van der Waals surface area (Å²) >= 11 is 0. The first-order chi connectivity index (χ1) is 7.11. The zero-order valence-corrected chi connectivity index (χ0v) is 8.98. The molecule has 2 fully saturated rings. The van der Waals surface area contributed by atoms with Crippen LogP contribution in [0.5, 0.6) is 0 Å². The molecule has 2 N–H and O–H groups in total. The van der Waals surface area contributed by atoms with Crippen molar-refractivity contribution in [2.75, 3.05) is 19.6 Å². The first-order valence-corrected chi connectivity index (χ1v) is 5.44. The maximum atomic E-state index is 11.5. The predicted octanol–water partition coefficient (Wildman–Crippen LogP) is -0.833. The highest BCUT2D eigenvalue weighted by Gasteiger charge is 2.40. The van der Waals surface area contributed by atoms with Crippen LogP contribution in [0.2, 0.25) is 0 Å². The van der Waals surface area contributed by atoms with Crippen LogP contribution in [0.1, 0.15) is 19.8 Å². The number of amides is 2. The fourth-order valence-corrected chi connectivity index (χ4v) is 2.19. The van der Waals surface area contributed by atoms with Crippen LogP contribution in [0.15, 0.2) is 0 Å². The third kappa shape index (κ3) is 1.84. The molecule has 0 radical (unpaired) electrons. The smallest absolute Gasteiger partial charge is 0.224 e. The van der Waals surface area contributed by atoms with Crippen LogP contribution >= 0.6 is 0 Å². The van der Waals surface area contributed by atoms with Gasteiger partial charge in [-0.15, -0.1) is 0 Å². The first kappa shape index (κ1) is 10.4. The van der Waals surface area contributed by atoms with Gasteiger partial charge in [0.05, 0.1) is 6.04 Å². The number of likely N-dealkylation sites (tertiary alicyclic amines) is 2. The number of carbonyl (C=O) groups excluding carboxylic acids is 2. The Hall–Kier alpha value is -1.10. The Labute approximate surface area is 89.2 Å². The standard InChI is InChI=1S/C10H17N3O2/c1-2-9(14)12-5-8(6-12)13-4-7(11)3-10(13)15/h7-8H,2-6,11H2,1H3. The van der Waals surface area contributed by atoms with E-state index in [1.54, 1.807) is 4.90 Å². The normalized spacial score (nSPS) is 27.1. The monoisotopic (exact) mass is 211 g/mol. The maximum Gasteiger partial charge on any atom is 0.224 e. The lowest BCUT2D eigenvalue weighted by atomic mass is 10.1. The Morgan fingerprint density at radius 2 is 2.13 bits per heavy atom. The van der Waals surface area contributed by atoms with Gasteiger partial charge < -0.3 is 15.5 Å². The van der Waals surface area contributed by atoms with E-state index in [1.807, 2.05) is 11.8 Å². The molecule has 1 unspecified atom stereocenters. The highest BCUT2D eigenvalue weighted by molar-refractivity contribution is 5.81. The molecule has 2 rings (SSSR count). The zero-order chi connectivity index (χ0) is 11.0. The van der Waals surface area contributed by atoms with Crippen LogP contribution in [0.4, 0.5) is 0 Å². The highest BCUT2D eigenvalue weighted by Crippen LogP contribution is 2.21. The number of nitrogens with zero attached hydrogens (tertiary/aromatic N) is 2. The van der Waals surface area contributed by atoms with Gasteiger partial charge in [-0.05, 0) is 0 Å². The summed E-state index contributed by atoms with van der Waals surface area (Å²) < 4.78 is 0. The van der Waals surface area contributed by atoms with Crippen molar-refractivity contribution in [2.24, 2.45) is 5.73 Å². The maximum absolute atomic E-state index is 11.5. The van der Waals surface area contributed by atoms with Gasteiger partial charge in [-0.1, -0.05) is 6.92 Å². The summed E-state index contributed by atoms with van der Waals surface area (Å²) in [7, 11) is 0. The van der Waals surface area contributed by atoms with E-state index in [1.165, 1.54) is 0 Å². The van der Waals surface area contributed by atoms with E-state index in [2.05, 4.69) is 0 Å². The quantitative estimate of drug-likeness (QED) is 0.648. The lowest BCUT2D eigenvalue weighted by Gasteiger charge is -2.44. The summed E-state index contributed by atoms with van der Waals surface area (Å²) in [5.41, 5.74) is 5.71. The molecule has 5 heteroatoms. The van der Waals surface area contributed by atoms with Crippen molar-refractivity contribution in [3.8, 4) is 0 Å². The third-order valence-corrected chi connectivity index (χ3v) is 3.15. The Balaban J connectivity index is 1.84. The molecule has 0 spiro atoms. The highest BCUT2D eigenvalue weighted by atomic mass is 16.2. The summed E-state index contributed by atoms with van der Waals surface area (Å²) in [6.45, 7) is 3.88. The Kier molecular flexibility index (Phi) is 2.65. The molecule has 0 bridgehead atoms. The van der Waals surface area contributed by atoms with Gasteiger partial charge >= 0.3 is 0 Å². The Morgan fingerprint density at radius 1 is 1.47 bits per heavy atom. The predicted molar refractivity (Wildman–Crippen MR) is 55.0 cm³/mol. The van der Waals surface area contributed by atoms with Gasteiger partial charge in [0.1, 0.15) is 0 Å². The molecule has 0 aromatic rings. The van der Waals surface area contributed by atoms with Gasteiger partial charge in [0.15, 0.2) is 0 Å². The lowest BCUT2D eigenvalue weighted by molar-refractivity contribution is -0.144. The van der Waals surface area contributed by atoms with E-state index >= 15 is 0 Å². The molecule has 0 saturated carbocycles. The summed E-state index contributed by atoms with van der Waals surface area (Å²) in [5, 5.41) is 0. The van der Waals surface area contributed by atoms with Gasteiger partial charge in [0.25, 0.3) is 0 Å². The van der Waals surface area contributed by atoms with Crippen LogP contribution < -0.4 is 5.73 Å². The molecule has 0 aromatic heterocycles. The van der Waals surface area contributed by atoms with Crippen LogP contribution in [-0.4, -0.2) is 53.3 Å². The minimum atomic E-state index is -0.0200. The Morgan fingerprint density at radius 3 is 2.60 bits per heavy atom. The molecule has 2 amide bonds. The average Bonchev–Trinajstić information content (AvgIpc) is 2.43. The molecular formula is C10H17N3O2. The molecule has 2 saturated heterocycles. The summed E-state index contributed by atoms with van der Waals surface area (Å²) in [5.74, 6) is 0.304. The second kappa shape index (κ2) is 3.81. The largest absolute Gasteiger partial charge is 0.338 e. The Bertz CT molecular complexity index is 286. The van der Waals surface area contributed by atoms with E-state index in [0.29, 0.717) is 32.5 Å². The van der Waals surface area contributed by atoms with Crippen molar-refractivity contribution >= 4 is 11.8 Å². The van der Waals surface area contributed by atoms with E-state index in [0.717, 1.165) is 0 Å². The summed E-state index contributed by atoms with van der Waals surface area (Å²) in [6.07, 6.45) is 0.998. The van der Waals surface area contributed by atoms with Crippen LogP contribution in [0, 0.1) is 0 Å². The summed E-state index contributed by atoms with van der Waals surface area (Å²) in [6, 6.07) is 0.190. The fourth-order valence-electron chi connectivity index (χ4n) is 2.19. The van der Waals surface area contributed by atoms with Crippen LogP contribution in [-0.2, 0) is 9.59 Å². The van der Waals surface area contributed by atoms with Crippen molar-refractivity contribution in [1.82, 2.24) is 9.80 Å². The fraction of sp³-hybridized carbons (Fsp3) is 0.800. The van der Waals surface area contributed by atoms with Gasteiger partial charge in [0, 0.05) is 38.5 Å². The minimum Gasteiger partial charge on any atom is -0.338 e. The van der Waals surface area contributed by atoms with E-state index in [-0.39, 0.29) is 23.9 Å². The van der Waals surface area contributed by atoms with Crippen LogP contribution in [0.25, 0.3) is 0 Å². The van der Waals surface area contributed by atoms with E-state index in [4.69, 9.17) is 5.73 Å². The van der Waals surface area contributed by atoms with Crippen LogP contribution in [0.3, 0.4) is 0 Å². The van der Waals surface area contributed by atoms with Gasteiger partial charge in [-0.25, -0.2) is 0 Å². The number of nitrogens with two attached hydrogens (primary N) is 1. The van der Waals surface area contributed by atoms with Gasteiger partial charge in [0.2, 0.25) is 11.8 Å². The molecule has 84 valence electrons. The summed E-state index contributed by atoms with van der Waals surface area (Å²) in [4.78, 5) is 26.4. The van der Waals surface area contributed by atoms with Crippen molar-refractivity contribution in [3.63, 3.8) is 0 Å². The molecule has 2 aliphatic heterocycles. The first-order valence-electron chi connectivity index (χ1n) is 5.44. The molecule has 0 aromatic carbocycles. The molecule has 15 heavy (non-hydrogen) atoms. The SMILES string of the molecule is CCC(=O)N1CC(N2CC(N)CC2=O)C1. The number of hydrogen-bond acceptors (Lipinski definition) is 3. The second-order valence-corrected chi connectivity index (χ2v) is 4.32. The van der Waals surface area contributed by atoms with Crippen molar-refractivity contribution < 1.29 is 9.59 Å². The molecule has 2 heterocycles. The lowest BCUT2D eigenvalue weighted by Crippen LogP contribution is -2.61. The third-order valence-electron chi connectivity index (χ3n) is 3.15. The van der Waals surface area contributed by atoms with Crippen molar-refractivity contribution in [3.05, 3.63) is 0 Å². The molecule has 2 aliphatic rings. The number of hydrogen-bond donors (Lipinski definition) is 1. The topological polar surface area (TPSA) is 66.6 Å². The molecule has 1 atom stereocenters. The number of rotatable bonds is 2. The molecule has 0 aliphatic carbocycles. The second-order valence-electron chi connectivity index (χ2n) is 4.32. The van der Waals surface area contributed by atoms with E-state index < -0.39 is 0 Å². The van der Waals surface area contributed by atoms with Gasteiger partial charge in [-0.3, -0.25) is 9.59 Å². The molecule has 5 nitrogen and oxygen atoms in total. The van der Waals surface area contributed by atoms with Gasteiger partial charge in [-0.2, -0.15) is 0 Å². The average molecular weight is 211 g/mol. The minimum absolute atomic E-state index is 0.0200. The van der Waals surface area contributed by atoms with E-state index in [9.17, 15) is 9.59 Å².